The van der Waals surface area contributed by atoms with Gasteiger partial charge in [-0.15, -0.1) is 0 Å². The molecule has 0 aliphatic carbocycles. The van der Waals surface area contributed by atoms with Gasteiger partial charge < -0.3 is 29.2 Å². The molecule has 0 unspecified atom stereocenters. The van der Waals surface area contributed by atoms with Crippen molar-refractivity contribution in [2.24, 2.45) is 0 Å². The second kappa shape index (κ2) is 23.3. The second-order valence-electron chi connectivity index (χ2n) is 13.7. The number of hydrogen-bond acceptors (Lipinski definition) is 6. The number of pyridine rings is 3. The highest BCUT2D eigenvalue weighted by atomic mass is 35.5. The molecule has 9 nitrogen and oxygen atoms in total. The van der Waals surface area contributed by atoms with Crippen molar-refractivity contribution in [3.05, 3.63) is 213 Å². The minimum Gasteiger partial charge on any atom is -0.494 e. The zero-order valence-electron chi connectivity index (χ0n) is 40.7. The van der Waals surface area contributed by atoms with Gasteiger partial charge in [0.05, 0.1) is 7.11 Å². The van der Waals surface area contributed by atoms with E-state index in [0.717, 1.165) is 5.56 Å². The predicted octanol–water partition coefficient (Wildman–Crippen LogP) is 13.9. The Bertz CT molecular complexity index is 3210. The highest BCUT2D eigenvalue weighted by molar-refractivity contribution is 6.31. The van der Waals surface area contributed by atoms with Crippen molar-refractivity contribution in [3.63, 3.8) is 0 Å². The third-order valence-corrected chi connectivity index (χ3v) is 9.83. The first-order valence-corrected chi connectivity index (χ1v) is 21.0. The van der Waals surface area contributed by atoms with E-state index in [1.54, 1.807) is 129 Å². The van der Waals surface area contributed by atoms with E-state index in [1.807, 2.05) is 12.1 Å². The zero-order valence-corrected chi connectivity index (χ0v) is 37.0. The average Bonchev–Trinajstić information content (AvgIpc) is 4.21. The van der Waals surface area contributed by atoms with Crippen LogP contribution in [0.25, 0.3) is 33.8 Å². The van der Waals surface area contributed by atoms with Crippen LogP contribution in [0.15, 0.2) is 165 Å². The van der Waals surface area contributed by atoms with Gasteiger partial charge in [-0.25, -0.2) is 19.3 Å². The van der Waals surface area contributed by atoms with Crippen molar-refractivity contribution in [1.29, 1.82) is 0 Å². The minimum atomic E-state index is -3.02. The molecule has 0 atom stereocenters. The number of H-pyrrole nitrogens is 3. The van der Waals surface area contributed by atoms with Gasteiger partial charge in [-0.05, 0) is 108 Å². The largest absolute Gasteiger partial charge is 0.494 e. The molecular weight excluding hydrogens is 908 g/mol. The number of ether oxygens (including phenoxy) is 3. The molecule has 0 bridgehead atoms. The molecule has 15 heteroatoms. The summed E-state index contributed by atoms with van der Waals surface area (Å²) >= 11 is 18.0. The van der Waals surface area contributed by atoms with Gasteiger partial charge in [0, 0.05) is 113 Å². The minimum absolute atomic E-state index is 0.0729. The molecule has 66 heavy (non-hydrogen) atoms. The molecule has 3 aromatic carbocycles. The lowest BCUT2D eigenvalue weighted by Crippen LogP contribution is -2.05. The lowest BCUT2D eigenvalue weighted by atomic mass is 10.1. The van der Waals surface area contributed by atoms with Crippen LogP contribution < -0.4 is 14.2 Å². The molecule has 0 saturated heterocycles. The van der Waals surface area contributed by atoms with Gasteiger partial charge in [0.2, 0.25) is 6.86 Å². The SMILES string of the molecule is [2H]C([2H])(c1cc[nH]c1)c1ccc(OC(F)F)c(-c2cccc(Cl)c2)n1.[2H]C([2H])(c1cc[nH]c1)c1ccc(OC)c(-c2cccc(Cl)c2)n1.[2H]C([2H])(c1cc[nH]c1)c1ccc(OCF)c(-c2cccc(Cl)c2)n1. The lowest BCUT2D eigenvalue weighted by Gasteiger charge is -2.12. The summed E-state index contributed by atoms with van der Waals surface area (Å²) in [6.45, 7) is -4.02. The Balaban J connectivity index is 0.000000159. The molecule has 6 heterocycles. The summed E-state index contributed by atoms with van der Waals surface area (Å²) in [5.74, 6) is 0.653. The van der Waals surface area contributed by atoms with Crippen LogP contribution in [0.5, 0.6) is 17.2 Å². The molecule has 0 aliphatic rings. The first-order valence-electron chi connectivity index (χ1n) is 22.8. The van der Waals surface area contributed by atoms with Crippen LogP contribution in [0.2, 0.25) is 15.1 Å². The van der Waals surface area contributed by atoms with Gasteiger partial charge in [0.15, 0.2) is 5.75 Å². The fourth-order valence-corrected chi connectivity index (χ4v) is 6.83. The molecule has 0 amide bonds. The maximum absolute atomic E-state index is 12.7. The van der Waals surface area contributed by atoms with Crippen LogP contribution in [0, 0.1) is 0 Å². The summed E-state index contributed by atoms with van der Waals surface area (Å²) in [5, 5.41) is 1.49. The Morgan fingerprint density at radius 1 is 0.530 bits per heavy atom. The number of rotatable bonds is 14. The first-order chi connectivity index (χ1) is 34.4. The Hall–Kier alpha value is -6.99. The molecule has 0 spiro atoms. The molecule has 9 aromatic rings. The van der Waals surface area contributed by atoms with Crippen LogP contribution in [-0.4, -0.2) is 50.5 Å². The topological polar surface area (TPSA) is 114 Å². The van der Waals surface area contributed by atoms with E-state index >= 15 is 0 Å². The fourth-order valence-electron chi connectivity index (χ4n) is 6.26. The lowest BCUT2D eigenvalue weighted by molar-refractivity contribution is -0.0496. The fraction of sp³-hybridized carbons (Fsp3) is 0.118. The number of benzene rings is 3. The van der Waals surface area contributed by atoms with Gasteiger partial charge in [0.25, 0.3) is 0 Å². The van der Waals surface area contributed by atoms with E-state index in [2.05, 4.69) is 34.6 Å². The van der Waals surface area contributed by atoms with Gasteiger partial charge in [0.1, 0.15) is 28.6 Å². The summed E-state index contributed by atoms with van der Waals surface area (Å²) in [6, 6.07) is 34.5. The summed E-state index contributed by atoms with van der Waals surface area (Å²) in [4.78, 5) is 21.7. The van der Waals surface area contributed by atoms with E-state index in [-0.39, 0.29) is 28.6 Å². The zero-order chi connectivity index (χ0) is 51.6. The summed E-state index contributed by atoms with van der Waals surface area (Å²) in [5.41, 5.74) is 4.78. The van der Waals surface area contributed by atoms with E-state index < -0.39 is 32.6 Å². The van der Waals surface area contributed by atoms with Crippen LogP contribution in [0.3, 0.4) is 0 Å². The smallest absolute Gasteiger partial charge is 0.387 e. The molecule has 0 saturated carbocycles. The number of nitrogens with zero attached hydrogens (tertiary/aromatic N) is 3. The molecule has 0 aliphatic heterocycles. The average molecular weight is 956 g/mol. The van der Waals surface area contributed by atoms with Crippen molar-refractivity contribution in [2.75, 3.05) is 14.0 Å². The van der Waals surface area contributed by atoms with Crippen LogP contribution in [0.4, 0.5) is 13.2 Å². The van der Waals surface area contributed by atoms with E-state index in [4.69, 9.17) is 52.5 Å². The van der Waals surface area contributed by atoms with E-state index in [1.165, 1.54) is 30.5 Å². The third-order valence-electron chi connectivity index (χ3n) is 9.13. The predicted molar refractivity (Wildman–Crippen MR) is 255 cm³/mol. The molecule has 9 rings (SSSR count). The summed E-state index contributed by atoms with van der Waals surface area (Å²) < 4.78 is 103. The number of aromatic nitrogens is 6. The highest BCUT2D eigenvalue weighted by Gasteiger charge is 2.16. The van der Waals surface area contributed by atoms with Crippen LogP contribution in [0.1, 0.15) is 42.0 Å². The normalized spacial score (nSPS) is 12.7. The second-order valence-corrected chi connectivity index (χ2v) is 15.0. The maximum atomic E-state index is 12.7. The van der Waals surface area contributed by atoms with Gasteiger partial charge in [-0.1, -0.05) is 71.2 Å². The molecule has 0 fully saturated rings. The van der Waals surface area contributed by atoms with Crippen LogP contribution in [-0.2, 0) is 19.1 Å². The number of aromatic amines is 3. The molecule has 3 N–H and O–H groups in total. The Morgan fingerprint density at radius 3 is 1.26 bits per heavy atom. The molecule has 336 valence electrons. The number of nitrogens with one attached hydrogen (secondary N) is 3. The molecule has 0 radical (unpaired) electrons. The Labute approximate surface area is 403 Å². The Kier molecular flexibility index (Phi) is 13.9. The maximum Gasteiger partial charge on any atom is 0.387 e. The van der Waals surface area contributed by atoms with Gasteiger partial charge >= 0.3 is 6.61 Å². The van der Waals surface area contributed by atoms with E-state index in [0.29, 0.717) is 65.7 Å². The quantitative estimate of drug-likeness (QED) is 0.100. The number of halogens is 6. The summed E-state index contributed by atoms with van der Waals surface area (Å²) in [7, 11) is 1.56. The Morgan fingerprint density at radius 2 is 0.909 bits per heavy atom. The van der Waals surface area contributed by atoms with Gasteiger partial charge in [-0.2, -0.15) is 8.78 Å². The van der Waals surface area contributed by atoms with Crippen molar-refractivity contribution < 1.29 is 35.6 Å². The molecule has 6 aromatic heterocycles. The number of methoxy groups -OCH3 is 1. The highest BCUT2D eigenvalue weighted by Crippen LogP contribution is 2.34. The van der Waals surface area contributed by atoms with Gasteiger partial charge in [-0.3, -0.25) is 0 Å². The van der Waals surface area contributed by atoms with Crippen molar-refractivity contribution in [1.82, 2.24) is 29.9 Å². The van der Waals surface area contributed by atoms with Crippen molar-refractivity contribution >= 4 is 34.8 Å². The van der Waals surface area contributed by atoms with Crippen LogP contribution >= 0.6 is 34.8 Å². The number of alkyl halides is 3. The number of hydrogen-bond donors (Lipinski definition) is 3. The van der Waals surface area contributed by atoms with Crippen molar-refractivity contribution in [3.8, 4) is 51.0 Å². The third kappa shape index (κ3) is 13.3. The molecular formula is C51H42Cl3F3N6O3. The first kappa shape index (κ1) is 39.4. The van der Waals surface area contributed by atoms with Crippen molar-refractivity contribution in [2.45, 2.75) is 25.7 Å². The summed E-state index contributed by atoms with van der Waals surface area (Å²) in [6.07, 6.45) is 4.24. The standard InChI is InChI=1S/C17H13ClF2N2O.C17H14ClFN2O.C17H15ClN2O/c18-13-3-1-2-12(9-13)16-15(23-17(19)20)5-4-14(22-16)8-11-6-7-21-10-11;18-14-3-1-2-13(9-14)17-16(22-11-19)5-4-15(21-17)8-12-6-7-20-10-12;1-21-16-6-5-15(9-12-7-8-19-11-12)20-17(16)13-3-2-4-14(18)10-13/h1-7,9-10,17,21H,8H2;1-7,9-10,20H,8,11H2;2-8,10-11,19H,9H2,1H3/i2*8D2;9D2. The monoisotopic (exact) mass is 954 g/mol. The van der Waals surface area contributed by atoms with E-state index in [9.17, 15) is 13.2 Å².